The maximum atomic E-state index is 14.7. The number of benzene rings is 3. The van der Waals surface area contributed by atoms with Crippen molar-refractivity contribution in [1.82, 2.24) is 9.97 Å². The van der Waals surface area contributed by atoms with Crippen LogP contribution >= 0.6 is 11.6 Å². The molecule has 1 heterocycles. The number of nitrogens with one attached hydrogen (secondary N) is 3. The summed E-state index contributed by atoms with van der Waals surface area (Å²) in [7, 11) is 0. The molecule has 3 aromatic carbocycles. The standard InChI is InChI=1S/C24H19ClF4N6O2/c25-17-4-1-13(9-16(17)24(27,28)29)33-23(36)34-14-2-6-21(18(26)10-14)37-15-3-5-19-20(11-15)35-22(12-32-19)31-8-7-30/h1-6,9-12H,7-8,30H2,(H,31,35)(H2,33,34,36). The van der Waals surface area contributed by atoms with Gasteiger partial charge in [0.25, 0.3) is 0 Å². The number of carbonyl (C=O) groups is 1. The molecule has 0 atom stereocenters. The zero-order valence-corrected chi connectivity index (χ0v) is 19.6. The van der Waals surface area contributed by atoms with E-state index in [-0.39, 0.29) is 17.1 Å². The highest BCUT2D eigenvalue weighted by Gasteiger charge is 2.33. The van der Waals surface area contributed by atoms with E-state index in [0.717, 1.165) is 12.1 Å². The van der Waals surface area contributed by atoms with Gasteiger partial charge in [0.1, 0.15) is 11.6 Å². The lowest BCUT2D eigenvalue weighted by molar-refractivity contribution is -0.137. The van der Waals surface area contributed by atoms with Gasteiger partial charge in [-0.05, 0) is 42.5 Å². The van der Waals surface area contributed by atoms with Crippen LogP contribution in [0.2, 0.25) is 5.02 Å². The number of urea groups is 1. The molecule has 0 unspecified atom stereocenters. The van der Waals surface area contributed by atoms with Crippen LogP contribution in [-0.4, -0.2) is 29.1 Å². The van der Waals surface area contributed by atoms with Crippen LogP contribution in [-0.2, 0) is 6.18 Å². The molecule has 37 heavy (non-hydrogen) atoms. The third-order valence-electron chi connectivity index (χ3n) is 4.91. The minimum Gasteiger partial charge on any atom is -0.454 e. The second kappa shape index (κ2) is 10.8. The fourth-order valence-electron chi connectivity index (χ4n) is 3.24. The number of alkyl halides is 3. The predicted octanol–water partition coefficient (Wildman–Crippen LogP) is 6.25. The number of ether oxygens (including phenoxy) is 1. The van der Waals surface area contributed by atoms with E-state index in [4.69, 9.17) is 22.1 Å². The third-order valence-corrected chi connectivity index (χ3v) is 5.24. The first kappa shape index (κ1) is 25.9. The minimum atomic E-state index is -4.69. The lowest BCUT2D eigenvalue weighted by Crippen LogP contribution is -2.20. The van der Waals surface area contributed by atoms with Crippen molar-refractivity contribution in [2.45, 2.75) is 6.18 Å². The van der Waals surface area contributed by atoms with E-state index in [0.29, 0.717) is 41.8 Å². The molecule has 4 rings (SSSR count). The average Bonchev–Trinajstić information content (AvgIpc) is 2.84. The molecule has 0 spiro atoms. The van der Waals surface area contributed by atoms with Gasteiger partial charge >= 0.3 is 12.2 Å². The molecule has 0 saturated carbocycles. The van der Waals surface area contributed by atoms with Gasteiger partial charge in [0.15, 0.2) is 11.6 Å². The molecule has 1 aromatic heterocycles. The molecule has 4 aromatic rings. The second-order valence-electron chi connectivity index (χ2n) is 7.64. The Morgan fingerprint density at radius 3 is 2.43 bits per heavy atom. The lowest BCUT2D eigenvalue weighted by Gasteiger charge is -2.13. The third kappa shape index (κ3) is 6.54. The van der Waals surface area contributed by atoms with E-state index in [1.807, 2.05) is 0 Å². The predicted molar refractivity (Wildman–Crippen MR) is 133 cm³/mol. The highest BCUT2D eigenvalue weighted by Crippen LogP contribution is 2.36. The van der Waals surface area contributed by atoms with Crippen LogP contribution in [0.25, 0.3) is 11.0 Å². The fourth-order valence-corrected chi connectivity index (χ4v) is 3.47. The van der Waals surface area contributed by atoms with Gasteiger partial charge in [-0.1, -0.05) is 11.6 Å². The quantitative estimate of drug-likeness (QED) is 0.208. The lowest BCUT2D eigenvalue weighted by atomic mass is 10.2. The number of anilines is 3. The molecule has 13 heteroatoms. The molecule has 0 aliphatic rings. The van der Waals surface area contributed by atoms with Crippen LogP contribution in [0.5, 0.6) is 11.5 Å². The van der Waals surface area contributed by atoms with Gasteiger partial charge in [0.2, 0.25) is 0 Å². The smallest absolute Gasteiger partial charge is 0.417 e. The minimum absolute atomic E-state index is 0.0485. The molecule has 0 aliphatic heterocycles. The second-order valence-corrected chi connectivity index (χ2v) is 8.05. The Hall–Kier alpha value is -4.16. The van der Waals surface area contributed by atoms with Crippen LogP contribution < -0.4 is 26.4 Å². The number of aromatic nitrogens is 2. The molecule has 0 bridgehead atoms. The molecular weight excluding hydrogens is 516 g/mol. The van der Waals surface area contributed by atoms with Crippen molar-refractivity contribution in [1.29, 1.82) is 0 Å². The van der Waals surface area contributed by atoms with Crippen molar-refractivity contribution in [3.63, 3.8) is 0 Å². The van der Waals surface area contributed by atoms with Crippen LogP contribution in [0.4, 0.5) is 39.5 Å². The number of halogens is 5. The van der Waals surface area contributed by atoms with Crippen molar-refractivity contribution < 1.29 is 27.1 Å². The van der Waals surface area contributed by atoms with E-state index in [1.165, 1.54) is 18.2 Å². The Balaban J connectivity index is 1.43. The Kier molecular flexibility index (Phi) is 7.60. The molecule has 0 fully saturated rings. The zero-order valence-electron chi connectivity index (χ0n) is 18.9. The summed E-state index contributed by atoms with van der Waals surface area (Å²) in [6.07, 6.45) is -3.12. The molecule has 2 amide bonds. The van der Waals surface area contributed by atoms with E-state index >= 15 is 0 Å². The summed E-state index contributed by atoms with van der Waals surface area (Å²) in [5.74, 6) is -0.0713. The van der Waals surface area contributed by atoms with Gasteiger partial charge in [0, 0.05) is 36.6 Å². The number of rotatable bonds is 7. The van der Waals surface area contributed by atoms with Gasteiger partial charge in [-0.15, -0.1) is 0 Å². The van der Waals surface area contributed by atoms with Crippen molar-refractivity contribution >= 4 is 45.9 Å². The monoisotopic (exact) mass is 534 g/mol. The first-order chi connectivity index (χ1) is 17.6. The molecule has 8 nitrogen and oxygen atoms in total. The SMILES string of the molecule is NCCNc1cnc2ccc(Oc3ccc(NC(=O)Nc4ccc(Cl)c(C(F)(F)F)c4)cc3F)cc2n1. The largest absolute Gasteiger partial charge is 0.454 e. The highest BCUT2D eigenvalue weighted by molar-refractivity contribution is 6.31. The van der Waals surface area contributed by atoms with Crippen molar-refractivity contribution in [3.05, 3.63) is 77.2 Å². The first-order valence-corrected chi connectivity index (χ1v) is 11.1. The van der Waals surface area contributed by atoms with E-state index < -0.39 is 28.6 Å². The van der Waals surface area contributed by atoms with E-state index in [9.17, 15) is 22.4 Å². The molecule has 192 valence electrons. The van der Waals surface area contributed by atoms with Crippen molar-refractivity contribution in [3.8, 4) is 11.5 Å². The number of fused-ring (bicyclic) bond motifs is 1. The number of hydrogen-bond donors (Lipinski definition) is 4. The average molecular weight is 535 g/mol. The number of nitrogens with zero attached hydrogens (tertiary/aromatic N) is 2. The fraction of sp³-hybridized carbons (Fsp3) is 0.125. The molecule has 0 aliphatic carbocycles. The van der Waals surface area contributed by atoms with Crippen LogP contribution in [0, 0.1) is 5.82 Å². The van der Waals surface area contributed by atoms with Crippen molar-refractivity contribution in [2.75, 3.05) is 29.0 Å². The normalized spacial score (nSPS) is 11.3. The maximum Gasteiger partial charge on any atom is 0.417 e. The summed E-state index contributed by atoms with van der Waals surface area (Å²) in [6.45, 7) is 0.947. The summed E-state index contributed by atoms with van der Waals surface area (Å²) in [6, 6.07) is 10.6. The summed E-state index contributed by atoms with van der Waals surface area (Å²) in [5, 5.41) is 7.12. The zero-order chi connectivity index (χ0) is 26.6. The van der Waals surface area contributed by atoms with Crippen LogP contribution in [0.15, 0.2) is 60.8 Å². The van der Waals surface area contributed by atoms with Crippen LogP contribution in [0.3, 0.4) is 0 Å². The van der Waals surface area contributed by atoms with Gasteiger partial charge in [0.05, 0.1) is 27.8 Å². The maximum absolute atomic E-state index is 14.7. The van der Waals surface area contributed by atoms with E-state index in [2.05, 4.69) is 25.9 Å². The molecule has 0 radical (unpaired) electrons. The van der Waals surface area contributed by atoms with Gasteiger partial charge in [-0.3, -0.25) is 4.98 Å². The topological polar surface area (TPSA) is 114 Å². The Morgan fingerprint density at radius 1 is 1.00 bits per heavy atom. The molecular formula is C24H19ClF4N6O2. The molecule has 0 saturated heterocycles. The number of nitrogens with two attached hydrogens (primary N) is 1. The van der Waals surface area contributed by atoms with Crippen LogP contribution in [0.1, 0.15) is 5.56 Å². The van der Waals surface area contributed by atoms with Gasteiger partial charge in [-0.2, -0.15) is 13.2 Å². The van der Waals surface area contributed by atoms with Gasteiger partial charge < -0.3 is 26.4 Å². The number of hydrogen-bond acceptors (Lipinski definition) is 6. The highest BCUT2D eigenvalue weighted by atomic mass is 35.5. The molecule has 5 N–H and O–H groups in total. The Bertz CT molecular complexity index is 1450. The number of amides is 2. The Morgan fingerprint density at radius 2 is 1.73 bits per heavy atom. The summed E-state index contributed by atoms with van der Waals surface area (Å²) in [5.41, 5.74) is 5.42. The summed E-state index contributed by atoms with van der Waals surface area (Å²) < 4.78 is 59.3. The number of carbonyl (C=O) groups excluding carboxylic acids is 1. The summed E-state index contributed by atoms with van der Waals surface area (Å²) >= 11 is 5.58. The van der Waals surface area contributed by atoms with Gasteiger partial charge in [-0.25, -0.2) is 14.2 Å². The Labute approximate surface area is 212 Å². The van der Waals surface area contributed by atoms with E-state index in [1.54, 1.807) is 24.4 Å². The van der Waals surface area contributed by atoms with Crippen molar-refractivity contribution in [2.24, 2.45) is 5.73 Å². The summed E-state index contributed by atoms with van der Waals surface area (Å²) in [4.78, 5) is 20.9. The first-order valence-electron chi connectivity index (χ1n) is 10.8.